The summed E-state index contributed by atoms with van der Waals surface area (Å²) in [5.41, 5.74) is 3.12. The maximum absolute atomic E-state index is 13.1. The first-order valence-corrected chi connectivity index (χ1v) is 11.9. The third kappa shape index (κ3) is 4.10. The Balaban J connectivity index is 1.41. The molecule has 0 atom stereocenters. The number of benzene rings is 2. The van der Waals surface area contributed by atoms with Gasteiger partial charge in [0.2, 0.25) is 15.9 Å². The lowest BCUT2D eigenvalue weighted by Crippen LogP contribution is -2.41. The van der Waals surface area contributed by atoms with Crippen LogP contribution < -0.4 is 5.32 Å². The van der Waals surface area contributed by atoms with Crippen molar-refractivity contribution in [3.05, 3.63) is 53.3 Å². The molecule has 0 spiro atoms. The van der Waals surface area contributed by atoms with E-state index in [4.69, 9.17) is 0 Å². The van der Waals surface area contributed by atoms with E-state index in [1.165, 1.54) is 27.8 Å². The summed E-state index contributed by atoms with van der Waals surface area (Å²) >= 11 is 1.45. The molecule has 9 heteroatoms. The zero-order valence-corrected chi connectivity index (χ0v) is 18.3. The number of fused-ring (bicyclic) bond motifs is 1. The highest BCUT2D eigenvalue weighted by atomic mass is 32.2. The van der Waals surface area contributed by atoms with Crippen LogP contribution in [-0.2, 0) is 14.8 Å². The maximum atomic E-state index is 13.1. The topological polar surface area (TPSA) is 79.4 Å². The minimum absolute atomic E-state index is 0.0620. The second-order valence-electron chi connectivity index (χ2n) is 7.57. The molecule has 0 saturated carbocycles. The first-order valence-electron chi connectivity index (χ1n) is 9.68. The van der Waals surface area contributed by atoms with Crippen LogP contribution in [0.3, 0.4) is 0 Å². The third-order valence-electron chi connectivity index (χ3n) is 5.33. The van der Waals surface area contributed by atoms with Crippen LogP contribution >= 0.6 is 11.3 Å². The van der Waals surface area contributed by atoms with E-state index in [-0.39, 0.29) is 29.8 Å². The smallest absolute Gasteiger partial charge is 0.243 e. The molecule has 1 aliphatic rings. The van der Waals surface area contributed by atoms with Gasteiger partial charge in [-0.2, -0.15) is 4.31 Å². The van der Waals surface area contributed by atoms with Crippen molar-refractivity contribution >= 4 is 42.6 Å². The molecule has 1 N–H and O–H groups in total. The number of nitrogens with zero attached hydrogens (tertiary/aromatic N) is 2. The van der Waals surface area contributed by atoms with Crippen LogP contribution in [0.5, 0.6) is 0 Å². The summed E-state index contributed by atoms with van der Waals surface area (Å²) in [5.74, 6) is -0.897. The average Bonchev–Trinajstić information content (AvgIpc) is 3.11. The quantitative estimate of drug-likeness (QED) is 0.653. The van der Waals surface area contributed by atoms with E-state index in [2.05, 4.69) is 16.4 Å². The Morgan fingerprint density at radius 1 is 1.17 bits per heavy atom. The number of sulfonamides is 1. The number of anilines is 1. The Morgan fingerprint density at radius 2 is 1.83 bits per heavy atom. The predicted octanol–water partition coefficient (Wildman–Crippen LogP) is 4.09. The highest BCUT2D eigenvalue weighted by Crippen LogP contribution is 2.31. The van der Waals surface area contributed by atoms with E-state index in [9.17, 15) is 17.6 Å². The van der Waals surface area contributed by atoms with Crippen molar-refractivity contribution in [3.63, 3.8) is 0 Å². The largest absolute Gasteiger partial charge is 0.302 e. The number of nitrogens with one attached hydrogen (secondary N) is 1. The van der Waals surface area contributed by atoms with Crippen LogP contribution in [0.1, 0.15) is 24.0 Å². The molecule has 0 unspecified atom stereocenters. The second kappa shape index (κ2) is 8.05. The number of thiazole rings is 1. The minimum atomic E-state index is -3.69. The Hall–Kier alpha value is -2.36. The molecule has 6 nitrogen and oxygen atoms in total. The molecule has 1 aliphatic heterocycles. The van der Waals surface area contributed by atoms with Crippen LogP contribution in [0.15, 0.2) is 41.3 Å². The first kappa shape index (κ1) is 20.9. The normalized spacial score (nSPS) is 16.1. The zero-order chi connectivity index (χ0) is 21.5. The highest BCUT2D eigenvalue weighted by Gasteiger charge is 2.32. The number of aryl methyl sites for hydroxylation is 2. The summed E-state index contributed by atoms with van der Waals surface area (Å²) < 4.78 is 40.9. The van der Waals surface area contributed by atoms with Gasteiger partial charge in [-0.15, -0.1) is 0 Å². The predicted molar refractivity (Wildman–Crippen MR) is 116 cm³/mol. The number of halogens is 1. The van der Waals surface area contributed by atoms with Crippen LogP contribution in [-0.4, -0.2) is 36.7 Å². The van der Waals surface area contributed by atoms with Crippen LogP contribution in [0, 0.1) is 25.6 Å². The standard InChI is InChI=1S/C21H22FN3O3S2/c1-13-11-14(2)19-18(12-13)23-21(29-19)24-20(26)15-7-9-25(10-8-15)30(27,28)17-5-3-16(22)4-6-17/h3-6,11-12,15H,7-10H2,1-2H3,(H,23,24,26). The van der Waals surface area contributed by atoms with Gasteiger partial charge < -0.3 is 5.32 Å². The van der Waals surface area contributed by atoms with Crippen molar-refractivity contribution in [1.82, 2.24) is 9.29 Å². The third-order valence-corrected chi connectivity index (χ3v) is 8.36. The van der Waals surface area contributed by atoms with Gasteiger partial charge in [0.15, 0.2) is 5.13 Å². The Morgan fingerprint density at radius 3 is 2.50 bits per heavy atom. The SMILES string of the molecule is Cc1cc(C)c2sc(NC(=O)C3CCN(S(=O)(=O)c4ccc(F)cc4)CC3)nc2c1. The lowest BCUT2D eigenvalue weighted by atomic mass is 9.97. The lowest BCUT2D eigenvalue weighted by Gasteiger charge is -2.30. The van der Waals surface area contributed by atoms with Crippen molar-refractivity contribution in [2.24, 2.45) is 5.92 Å². The highest BCUT2D eigenvalue weighted by molar-refractivity contribution is 7.89. The molecule has 1 saturated heterocycles. The van der Waals surface area contributed by atoms with E-state index >= 15 is 0 Å². The van der Waals surface area contributed by atoms with E-state index < -0.39 is 15.8 Å². The number of amides is 1. The Bertz CT molecular complexity index is 1200. The average molecular weight is 448 g/mol. The van der Waals surface area contributed by atoms with Gasteiger partial charge in [-0.1, -0.05) is 17.4 Å². The van der Waals surface area contributed by atoms with Crippen molar-refractivity contribution in [2.45, 2.75) is 31.6 Å². The fourth-order valence-corrected chi connectivity index (χ4v) is 6.14. The van der Waals surface area contributed by atoms with Gasteiger partial charge in [0.25, 0.3) is 0 Å². The number of carbonyl (C=O) groups excluding carboxylic acids is 1. The molecular formula is C21H22FN3O3S2. The van der Waals surface area contributed by atoms with Gasteiger partial charge in [0.1, 0.15) is 5.82 Å². The van der Waals surface area contributed by atoms with Crippen LogP contribution in [0.4, 0.5) is 9.52 Å². The molecule has 30 heavy (non-hydrogen) atoms. The molecule has 2 aromatic carbocycles. The summed E-state index contributed by atoms with van der Waals surface area (Å²) in [4.78, 5) is 17.3. The van der Waals surface area contributed by atoms with Crippen molar-refractivity contribution < 1.29 is 17.6 Å². The number of carbonyl (C=O) groups is 1. The van der Waals surface area contributed by atoms with E-state index in [0.29, 0.717) is 18.0 Å². The van der Waals surface area contributed by atoms with E-state index in [1.807, 2.05) is 19.9 Å². The summed E-state index contributed by atoms with van der Waals surface area (Å²) in [6.45, 7) is 4.53. The zero-order valence-electron chi connectivity index (χ0n) is 16.7. The molecule has 3 aromatic rings. The Labute approximate surface area is 178 Å². The summed E-state index contributed by atoms with van der Waals surface area (Å²) in [6.07, 6.45) is 0.852. The Kier molecular flexibility index (Phi) is 5.61. The number of rotatable bonds is 4. The number of hydrogen-bond acceptors (Lipinski definition) is 5. The van der Waals surface area contributed by atoms with Crippen molar-refractivity contribution in [3.8, 4) is 0 Å². The monoisotopic (exact) mass is 447 g/mol. The minimum Gasteiger partial charge on any atom is -0.302 e. The van der Waals surface area contributed by atoms with Gasteiger partial charge in [0, 0.05) is 19.0 Å². The maximum Gasteiger partial charge on any atom is 0.243 e. The number of hydrogen-bond donors (Lipinski definition) is 1. The summed E-state index contributed by atoms with van der Waals surface area (Å²) in [7, 11) is -3.69. The molecule has 158 valence electrons. The van der Waals surface area contributed by atoms with Gasteiger partial charge in [-0.05, 0) is 68.1 Å². The van der Waals surface area contributed by atoms with Crippen molar-refractivity contribution in [2.75, 3.05) is 18.4 Å². The molecule has 1 aromatic heterocycles. The van der Waals surface area contributed by atoms with Crippen molar-refractivity contribution in [1.29, 1.82) is 0 Å². The molecule has 2 heterocycles. The van der Waals surface area contributed by atoms with E-state index in [0.717, 1.165) is 33.5 Å². The number of piperidine rings is 1. The lowest BCUT2D eigenvalue weighted by molar-refractivity contribution is -0.120. The van der Waals surface area contributed by atoms with Gasteiger partial charge in [0.05, 0.1) is 15.1 Å². The summed E-state index contributed by atoms with van der Waals surface area (Å²) in [5, 5.41) is 3.46. The van der Waals surface area contributed by atoms with Gasteiger partial charge in [-0.25, -0.2) is 17.8 Å². The van der Waals surface area contributed by atoms with Crippen LogP contribution in [0.2, 0.25) is 0 Å². The fraction of sp³-hybridized carbons (Fsp3) is 0.333. The van der Waals surface area contributed by atoms with Gasteiger partial charge in [-0.3, -0.25) is 4.79 Å². The molecule has 1 fully saturated rings. The molecule has 1 amide bonds. The molecule has 0 bridgehead atoms. The molecule has 0 aliphatic carbocycles. The van der Waals surface area contributed by atoms with Crippen LogP contribution in [0.25, 0.3) is 10.2 Å². The van der Waals surface area contributed by atoms with Gasteiger partial charge >= 0.3 is 0 Å². The van der Waals surface area contributed by atoms with E-state index in [1.54, 1.807) is 0 Å². The molecule has 0 radical (unpaired) electrons. The first-order chi connectivity index (χ1) is 14.2. The second-order valence-corrected chi connectivity index (χ2v) is 10.5. The summed E-state index contributed by atoms with van der Waals surface area (Å²) in [6, 6.07) is 8.87. The number of aromatic nitrogens is 1. The fourth-order valence-electron chi connectivity index (χ4n) is 3.75. The molecule has 4 rings (SSSR count). The molecular weight excluding hydrogens is 425 g/mol.